The number of ketones is 1. The van der Waals surface area contributed by atoms with E-state index in [1.807, 2.05) is 73.0 Å². The number of hydrogen-bond acceptors (Lipinski definition) is 4. The lowest BCUT2D eigenvalue weighted by molar-refractivity contribution is -0.110. The van der Waals surface area contributed by atoms with Crippen LogP contribution in [0.25, 0.3) is 17.7 Å². The molecule has 0 atom stereocenters. The molecule has 5 rings (SSSR count). The van der Waals surface area contributed by atoms with Crippen LogP contribution in [0.4, 0.5) is 5.69 Å². The highest BCUT2D eigenvalue weighted by Crippen LogP contribution is 2.34. The molecule has 7 nitrogen and oxygen atoms in total. The van der Waals surface area contributed by atoms with Gasteiger partial charge in [-0.2, -0.15) is 0 Å². The van der Waals surface area contributed by atoms with Crippen LogP contribution in [0.1, 0.15) is 45.7 Å². The number of hydrogen-bond donors (Lipinski definition) is 2. The number of rotatable bonds is 8. The number of carbonyl (C=O) groups is 2. The second-order valence-corrected chi connectivity index (χ2v) is 8.48. The Morgan fingerprint density at radius 2 is 1.94 bits per heavy atom. The fourth-order valence-corrected chi connectivity index (χ4v) is 4.16. The van der Waals surface area contributed by atoms with Crippen molar-refractivity contribution in [3.63, 3.8) is 0 Å². The van der Waals surface area contributed by atoms with Gasteiger partial charge in [0.1, 0.15) is 0 Å². The van der Waals surface area contributed by atoms with E-state index in [0.29, 0.717) is 18.5 Å². The van der Waals surface area contributed by atoms with Crippen LogP contribution < -0.4 is 10.9 Å². The lowest BCUT2D eigenvalue weighted by atomic mass is 10.0. The molecule has 0 radical (unpaired) electrons. The summed E-state index contributed by atoms with van der Waals surface area (Å²) in [6, 6.07) is 18.4. The first kappa shape index (κ1) is 23.0. The Kier molecular flexibility index (Phi) is 6.53. The second-order valence-electron chi connectivity index (χ2n) is 8.48. The zero-order valence-corrected chi connectivity index (χ0v) is 19.5. The third-order valence-corrected chi connectivity index (χ3v) is 5.98. The number of nitrogens with zero attached hydrogens (tertiary/aromatic N) is 2. The summed E-state index contributed by atoms with van der Waals surface area (Å²) in [5.74, 6) is -0.330. The van der Waals surface area contributed by atoms with Gasteiger partial charge in [-0.15, -0.1) is 0 Å². The van der Waals surface area contributed by atoms with Crippen molar-refractivity contribution in [3.8, 4) is 0 Å². The van der Waals surface area contributed by atoms with E-state index in [-0.39, 0.29) is 29.2 Å². The lowest BCUT2D eigenvalue weighted by Gasteiger charge is -2.07. The second kappa shape index (κ2) is 10.2. The third-order valence-electron chi connectivity index (χ3n) is 5.98. The summed E-state index contributed by atoms with van der Waals surface area (Å²) >= 11 is 0. The van der Waals surface area contributed by atoms with Crippen LogP contribution in [0.5, 0.6) is 0 Å². The molecular weight excluding hydrogens is 452 g/mol. The largest absolute Gasteiger partial charge is 0.362 e. The van der Waals surface area contributed by atoms with Gasteiger partial charge < -0.3 is 14.9 Å². The van der Waals surface area contributed by atoms with Crippen LogP contribution in [0, 0.1) is 0 Å². The average molecular weight is 477 g/mol. The molecule has 0 unspecified atom stereocenters. The van der Waals surface area contributed by atoms with E-state index < -0.39 is 0 Å². The van der Waals surface area contributed by atoms with Crippen LogP contribution in [-0.4, -0.2) is 26.2 Å². The lowest BCUT2D eigenvalue weighted by Crippen LogP contribution is -2.26. The van der Waals surface area contributed by atoms with E-state index >= 15 is 0 Å². The highest BCUT2D eigenvalue weighted by Gasteiger charge is 2.24. The maximum absolute atomic E-state index is 12.8. The van der Waals surface area contributed by atoms with Crippen molar-refractivity contribution < 1.29 is 9.59 Å². The summed E-state index contributed by atoms with van der Waals surface area (Å²) in [5.41, 5.74) is 4.64. The Morgan fingerprint density at radius 3 is 2.75 bits per heavy atom. The zero-order chi connectivity index (χ0) is 24.9. The number of carbonyl (C=O) groups excluding carboxylic acids is 2. The van der Waals surface area contributed by atoms with Crippen molar-refractivity contribution in [1.29, 1.82) is 0 Å². The van der Waals surface area contributed by atoms with Gasteiger partial charge in [0.25, 0.3) is 11.5 Å². The van der Waals surface area contributed by atoms with Crippen LogP contribution in [-0.2, 0) is 11.3 Å². The van der Waals surface area contributed by atoms with E-state index in [1.165, 1.54) is 4.57 Å². The van der Waals surface area contributed by atoms with Crippen LogP contribution >= 0.6 is 0 Å². The fraction of sp³-hybridized carbons (Fsp3) is 0.103. The number of amides is 1. The molecule has 0 bridgehead atoms. The quantitative estimate of drug-likeness (QED) is 0.282. The molecule has 1 aliphatic heterocycles. The smallest absolute Gasteiger partial charge is 0.261 e. The molecule has 4 aromatic rings. The molecule has 7 heteroatoms. The van der Waals surface area contributed by atoms with Crippen LogP contribution in [0.3, 0.4) is 0 Å². The fourth-order valence-electron chi connectivity index (χ4n) is 4.16. The monoisotopic (exact) mass is 476 g/mol. The van der Waals surface area contributed by atoms with E-state index in [1.54, 1.807) is 24.5 Å². The van der Waals surface area contributed by atoms with E-state index in [4.69, 9.17) is 0 Å². The molecule has 0 spiro atoms. The number of Topliss-reactive ketones (excluding diaryl/α,β-unsaturated/α-hetero) is 1. The van der Waals surface area contributed by atoms with Gasteiger partial charge in [0.15, 0.2) is 5.78 Å². The van der Waals surface area contributed by atoms with Crippen molar-refractivity contribution in [3.05, 3.63) is 124 Å². The van der Waals surface area contributed by atoms with Crippen molar-refractivity contribution in [2.75, 3.05) is 5.32 Å². The molecule has 1 aliphatic rings. The first-order valence-corrected chi connectivity index (χ1v) is 11.7. The molecule has 0 saturated carbocycles. The molecule has 178 valence electrons. The molecule has 4 heterocycles. The Bertz CT molecular complexity index is 1530. The van der Waals surface area contributed by atoms with Crippen molar-refractivity contribution in [2.24, 2.45) is 0 Å². The van der Waals surface area contributed by atoms with Crippen molar-refractivity contribution >= 4 is 35.1 Å². The summed E-state index contributed by atoms with van der Waals surface area (Å²) in [4.78, 5) is 45.2. The first-order chi connectivity index (χ1) is 17.6. The Morgan fingerprint density at radius 1 is 1.03 bits per heavy atom. The van der Waals surface area contributed by atoms with E-state index in [9.17, 15) is 14.4 Å². The number of H-pyrrole nitrogens is 1. The molecule has 0 fully saturated rings. The molecule has 1 amide bonds. The summed E-state index contributed by atoms with van der Waals surface area (Å²) in [6.45, 7) is 0.317. The van der Waals surface area contributed by atoms with Gasteiger partial charge in [-0.25, -0.2) is 0 Å². The topological polar surface area (TPSA) is 96.8 Å². The maximum atomic E-state index is 12.8. The molecule has 3 aromatic heterocycles. The highest BCUT2D eigenvalue weighted by molar-refractivity contribution is 6.34. The Hall–Kier alpha value is -4.78. The molecule has 0 aliphatic carbocycles. The summed E-state index contributed by atoms with van der Waals surface area (Å²) in [7, 11) is 0. The standard InChI is InChI=1S/C29H24N4O3/c34-27(24-10-6-16-33(29(24)36)19-22-8-3-4-14-31-22)11-2-1-7-20-12-13-23-25(18-21-9-5-15-30-21)28(35)32-26(23)17-20/h1,3-10,12-18,30H,2,11,19H2,(H,32,35)/b7-1+,25-18-. The predicted molar refractivity (Wildman–Crippen MR) is 140 cm³/mol. The molecule has 2 N–H and O–H groups in total. The van der Waals surface area contributed by atoms with Gasteiger partial charge in [0, 0.05) is 42.0 Å². The predicted octanol–water partition coefficient (Wildman–Crippen LogP) is 4.79. The summed E-state index contributed by atoms with van der Waals surface area (Å²) < 4.78 is 1.50. The van der Waals surface area contributed by atoms with Crippen molar-refractivity contribution in [2.45, 2.75) is 19.4 Å². The average Bonchev–Trinajstić information content (AvgIpc) is 3.51. The van der Waals surface area contributed by atoms with Gasteiger partial charge in [0.2, 0.25) is 0 Å². The minimum atomic E-state index is -0.310. The number of benzene rings is 1. The normalized spacial score (nSPS) is 13.8. The number of anilines is 1. The minimum Gasteiger partial charge on any atom is -0.362 e. The number of pyridine rings is 2. The molecule has 1 aromatic carbocycles. The van der Waals surface area contributed by atoms with Crippen LogP contribution in [0.15, 0.2) is 90.1 Å². The Labute approximate surface area is 207 Å². The van der Waals surface area contributed by atoms with E-state index in [2.05, 4.69) is 15.3 Å². The highest BCUT2D eigenvalue weighted by atomic mass is 16.2. The minimum absolute atomic E-state index is 0.136. The molecule has 0 saturated heterocycles. The van der Waals surface area contributed by atoms with E-state index in [0.717, 1.165) is 28.2 Å². The zero-order valence-electron chi connectivity index (χ0n) is 19.5. The summed E-state index contributed by atoms with van der Waals surface area (Å²) in [5, 5.41) is 2.91. The number of allylic oxidation sites excluding steroid dienone is 1. The summed E-state index contributed by atoms with van der Waals surface area (Å²) in [6.07, 6.45) is 11.5. The van der Waals surface area contributed by atoms with Gasteiger partial charge in [-0.05, 0) is 60.5 Å². The Balaban J connectivity index is 1.22. The number of aromatic nitrogens is 3. The van der Waals surface area contributed by atoms with Crippen LogP contribution in [0.2, 0.25) is 0 Å². The third kappa shape index (κ3) is 5.00. The van der Waals surface area contributed by atoms with Crippen molar-refractivity contribution in [1.82, 2.24) is 14.5 Å². The van der Waals surface area contributed by atoms with Gasteiger partial charge in [0.05, 0.1) is 23.4 Å². The maximum Gasteiger partial charge on any atom is 0.261 e. The number of nitrogens with one attached hydrogen (secondary N) is 2. The first-order valence-electron chi connectivity index (χ1n) is 11.7. The number of fused-ring (bicyclic) bond motifs is 1. The van der Waals surface area contributed by atoms with Gasteiger partial charge >= 0.3 is 0 Å². The SMILES string of the molecule is O=C1Nc2cc(/C=C/CCC(=O)c3cccn(Cc4ccccn4)c3=O)ccc2/C1=C/c1ccc[nH]1. The molecule has 36 heavy (non-hydrogen) atoms. The number of aromatic amines is 1. The van der Waals surface area contributed by atoms with Gasteiger partial charge in [-0.1, -0.05) is 30.4 Å². The molecular formula is C29H24N4O3. The van der Waals surface area contributed by atoms with Gasteiger partial charge in [-0.3, -0.25) is 19.4 Å².